The number of sulfonamides is 2. The fourth-order valence-electron chi connectivity index (χ4n) is 3.56. The lowest BCUT2D eigenvalue weighted by atomic mass is 10.2. The topological polar surface area (TPSA) is 122 Å². The number of amides is 1. The van der Waals surface area contributed by atoms with E-state index in [1.807, 2.05) is 0 Å². The Bertz CT molecular complexity index is 1610. The zero-order valence-corrected chi connectivity index (χ0v) is 23.4. The molecule has 216 valence electrons. The Morgan fingerprint density at radius 2 is 1.50 bits per heavy atom. The number of methoxy groups -OCH3 is 2. The Balaban J connectivity index is 2.04. The van der Waals surface area contributed by atoms with Gasteiger partial charge in [0.2, 0.25) is 15.9 Å². The van der Waals surface area contributed by atoms with Crippen LogP contribution in [0.4, 0.5) is 30.2 Å². The zero-order valence-electron chi connectivity index (χ0n) is 21.8. The van der Waals surface area contributed by atoms with Crippen LogP contribution < -0.4 is 23.4 Å². The standard InChI is InChI=1S/C25H26F3N3O7S2/c1-30(39(4,33)34)19-9-6-8-18(14-19)29-24(32)16-31(20-10-5-7-17(13-20)25(26,27)28)40(35,36)21-11-12-22(37-2)23(15-21)38-3/h5-15H,16H2,1-4H3,(H,29,32). The summed E-state index contributed by atoms with van der Waals surface area (Å²) in [4.78, 5) is 12.7. The zero-order chi connectivity index (χ0) is 29.9. The van der Waals surface area contributed by atoms with Crippen LogP contribution in [0, 0.1) is 0 Å². The molecular formula is C25H26F3N3O7S2. The first-order valence-electron chi connectivity index (χ1n) is 11.3. The van der Waals surface area contributed by atoms with Gasteiger partial charge in [0.1, 0.15) is 6.54 Å². The molecule has 1 amide bonds. The number of hydrogen-bond acceptors (Lipinski definition) is 7. The molecule has 0 fully saturated rings. The van der Waals surface area contributed by atoms with Crippen LogP contribution in [-0.4, -0.2) is 56.8 Å². The summed E-state index contributed by atoms with van der Waals surface area (Å²) in [7, 11) is -4.30. The van der Waals surface area contributed by atoms with Gasteiger partial charge in [-0.3, -0.25) is 13.4 Å². The molecule has 0 aliphatic heterocycles. The van der Waals surface area contributed by atoms with Crippen LogP contribution in [-0.2, 0) is 31.0 Å². The number of anilines is 3. The summed E-state index contributed by atoms with van der Waals surface area (Å²) in [6.45, 7) is -0.913. The highest BCUT2D eigenvalue weighted by atomic mass is 32.2. The highest BCUT2D eigenvalue weighted by Gasteiger charge is 2.33. The molecule has 15 heteroatoms. The molecule has 0 aliphatic rings. The molecule has 0 saturated heterocycles. The van der Waals surface area contributed by atoms with Crippen molar-refractivity contribution < 1.29 is 44.3 Å². The van der Waals surface area contributed by atoms with Gasteiger partial charge in [0, 0.05) is 18.8 Å². The number of carbonyl (C=O) groups is 1. The summed E-state index contributed by atoms with van der Waals surface area (Å²) < 4.78 is 103. The van der Waals surface area contributed by atoms with Crippen molar-refractivity contribution in [2.75, 3.05) is 48.0 Å². The second-order valence-corrected chi connectivity index (χ2v) is 12.3. The van der Waals surface area contributed by atoms with E-state index in [-0.39, 0.29) is 27.8 Å². The van der Waals surface area contributed by atoms with E-state index in [0.717, 1.165) is 34.8 Å². The fourth-order valence-corrected chi connectivity index (χ4v) is 5.48. The molecule has 0 aliphatic carbocycles. The molecule has 0 bridgehead atoms. The first-order chi connectivity index (χ1) is 18.6. The molecule has 0 atom stereocenters. The van der Waals surface area contributed by atoms with E-state index in [0.29, 0.717) is 10.4 Å². The van der Waals surface area contributed by atoms with Gasteiger partial charge in [0.25, 0.3) is 10.0 Å². The second kappa shape index (κ2) is 11.6. The average molecular weight is 602 g/mol. The minimum absolute atomic E-state index is 0.0452. The number of nitrogens with zero attached hydrogens (tertiary/aromatic N) is 2. The molecule has 0 spiro atoms. The van der Waals surface area contributed by atoms with Gasteiger partial charge in [0.05, 0.1) is 42.3 Å². The molecule has 3 aromatic rings. The van der Waals surface area contributed by atoms with Crippen molar-refractivity contribution in [3.63, 3.8) is 0 Å². The smallest absolute Gasteiger partial charge is 0.416 e. The summed E-state index contributed by atoms with van der Waals surface area (Å²) in [6.07, 6.45) is -3.78. The van der Waals surface area contributed by atoms with E-state index >= 15 is 0 Å². The quantitative estimate of drug-likeness (QED) is 0.373. The number of nitrogens with one attached hydrogen (secondary N) is 1. The molecule has 0 saturated carbocycles. The van der Waals surface area contributed by atoms with Gasteiger partial charge in [-0.25, -0.2) is 16.8 Å². The maximum Gasteiger partial charge on any atom is 0.416 e. The fraction of sp³-hybridized carbons (Fsp3) is 0.240. The van der Waals surface area contributed by atoms with Gasteiger partial charge >= 0.3 is 6.18 Å². The van der Waals surface area contributed by atoms with Crippen LogP contribution in [0.25, 0.3) is 0 Å². The molecule has 0 unspecified atom stereocenters. The van der Waals surface area contributed by atoms with Crippen molar-refractivity contribution >= 4 is 43.0 Å². The SMILES string of the molecule is COc1ccc(S(=O)(=O)N(CC(=O)Nc2cccc(N(C)S(C)(=O)=O)c2)c2cccc(C(F)(F)F)c2)cc1OC. The monoisotopic (exact) mass is 601 g/mol. The van der Waals surface area contributed by atoms with Crippen molar-refractivity contribution in [3.8, 4) is 11.5 Å². The van der Waals surface area contributed by atoms with Crippen LogP contribution >= 0.6 is 0 Å². The molecule has 3 aromatic carbocycles. The number of rotatable bonds is 10. The maximum atomic E-state index is 13.7. The largest absolute Gasteiger partial charge is 0.493 e. The second-order valence-electron chi connectivity index (χ2n) is 8.41. The molecule has 0 heterocycles. The lowest BCUT2D eigenvalue weighted by Gasteiger charge is -2.25. The minimum Gasteiger partial charge on any atom is -0.493 e. The van der Waals surface area contributed by atoms with Gasteiger partial charge in [-0.15, -0.1) is 0 Å². The summed E-state index contributed by atoms with van der Waals surface area (Å²) in [5.41, 5.74) is -1.18. The maximum absolute atomic E-state index is 13.7. The molecular weight excluding hydrogens is 575 g/mol. The predicted molar refractivity (Wildman–Crippen MR) is 144 cm³/mol. The summed E-state index contributed by atoms with van der Waals surface area (Å²) in [6, 6.07) is 12.9. The summed E-state index contributed by atoms with van der Waals surface area (Å²) in [5.74, 6) is -0.645. The number of halogens is 3. The van der Waals surface area contributed by atoms with Crippen LogP contribution in [0.3, 0.4) is 0 Å². The molecule has 3 rings (SSSR count). The number of ether oxygens (including phenoxy) is 2. The third-order valence-corrected chi connectivity index (χ3v) is 8.66. The highest BCUT2D eigenvalue weighted by Crippen LogP contribution is 2.35. The third-order valence-electron chi connectivity index (χ3n) is 5.68. The van der Waals surface area contributed by atoms with Crippen LogP contribution in [0.5, 0.6) is 11.5 Å². The summed E-state index contributed by atoms with van der Waals surface area (Å²) >= 11 is 0. The highest BCUT2D eigenvalue weighted by molar-refractivity contribution is 7.93. The number of hydrogen-bond donors (Lipinski definition) is 1. The Morgan fingerprint density at radius 1 is 0.875 bits per heavy atom. The minimum atomic E-state index is -4.77. The lowest BCUT2D eigenvalue weighted by molar-refractivity contribution is -0.137. The molecule has 10 nitrogen and oxygen atoms in total. The Labute approximate surface area is 230 Å². The lowest BCUT2D eigenvalue weighted by Crippen LogP contribution is -2.38. The van der Waals surface area contributed by atoms with E-state index in [2.05, 4.69) is 5.32 Å². The summed E-state index contributed by atoms with van der Waals surface area (Å²) in [5, 5.41) is 2.46. The van der Waals surface area contributed by atoms with Crippen LogP contribution in [0.2, 0.25) is 0 Å². The van der Waals surface area contributed by atoms with Crippen LogP contribution in [0.15, 0.2) is 71.6 Å². The van der Waals surface area contributed by atoms with Gasteiger partial charge in [-0.05, 0) is 48.5 Å². The van der Waals surface area contributed by atoms with Crippen molar-refractivity contribution in [3.05, 3.63) is 72.3 Å². The van der Waals surface area contributed by atoms with Gasteiger partial charge in [-0.2, -0.15) is 13.2 Å². The van der Waals surface area contributed by atoms with Gasteiger partial charge in [0.15, 0.2) is 11.5 Å². The Morgan fingerprint density at radius 3 is 2.10 bits per heavy atom. The Hall–Kier alpha value is -3.98. The number of alkyl halides is 3. The van der Waals surface area contributed by atoms with Crippen molar-refractivity contribution in [2.24, 2.45) is 0 Å². The van der Waals surface area contributed by atoms with E-state index in [4.69, 9.17) is 9.47 Å². The normalized spacial score (nSPS) is 12.0. The van der Waals surface area contributed by atoms with Crippen molar-refractivity contribution in [1.82, 2.24) is 0 Å². The van der Waals surface area contributed by atoms with Crippen LogP contribution in [0.1, 0.15) is 5.56 Å². The molecule has 1 N–H and O–H groups in total. The van der Waals surface area contributed by atoms with E-state index < -0.39 is 49.9 Å². The van der Waals surface area contributed by atoms with Gasteiger partial charge < -0.3 is 14.8 Å². The predicted octanol–water partition coefficient (Wildman–Crippen LogP) is 3.95. The Kier molecular flexibility index (Phi) is 8.89. The third kappa shape index (κ3) is 6.96. The van der Waals surface area contributed by atoms with E-state index in [1.165, 1.54) is 57.7 Å². The van der Waals surface area contributed by atoms with Gasteiger partial charge in [-0.1, -0.05) is 12.1 Å². The first kappa shape index (κ1) is 30.6. The molecule has 0 aromatic heterocycles. The first-order valence-corrected chi connectivity index (χ1v) is 14.6. The number of carbonyl (C=O) groups excluding carboxylic acids is 1. The van der Waals surface area contributed by atoms with Crippen molar-refractivity contribution in [1.29, 1.82) is 0 Å². The number of benzene rings is 3. The molecule has 40 heavy (non-hydrogen) atoms. The van der Waals surface area contributed by atoms with Crippen molar-refractivity contribution in [2.45, 2.75) is 11.1 Å². The van der Waals surface area contributed by atoms with E-state index in [1.54, 1.807) is 0 Å². The van der Waals surface area contributed by atoms with E-state index in [9.17, 15) is 34.8 Å². The average Bonchev–Trinajstić information content (AvgIpc) is 2.90. The molecule has 0 radical (unpaired) electrons.